The molecule has 1 unspecified atom stereocenters. The first-order valence-corrected chi connectivity index (χ1v) is 5.40. The number of aliphatic carboxylic acids is 1. The van der Waals surface area contributed by atoms with Crippen LogP contribution in [-0.2, 0) is 9.59 Å². The normalized spacial score (nSPS) is 28.3. The third-order valence-electron chi connectivity index (χ3n) is 3.39. The highest BCUT2D eigenvalue weighted by atomic mass is 16.4. The van der Waals surface area contributed by atoms with E-state index >= 15 is 0 Å². The highest BCUT2D eigenvalue weighted by molar-refractivity contribution is 5.80. The number of hydrogen-bond acceptors (Lipinski definition) is 3. The Morgan fingerprint density at radius 3 is 2.73 bits per heavy atom. The van der Waals surface area contributed by atoms with E-state index in [4.69, 9.17) is 5.11 Å². The second kappa shape index (κ2) is 3.81. The zero-order valence-corrected chi connectivity index (χ0v) is 8.58. The van der Waals surface area contributed by atoms with Gasteiger partial charge in [0.15, 0.2) is 0 Å². The summed E-state index contributed by atoms with van der Waals surface area (Å²) in [5.41, 5.74) is -0.715. The molecule has 0 aromatic heterocycles. The van der Waals surface area contributed by atoms with Gasteiger partial charge in [0, 0.05) is 19.0 Å². The molecule has 2 fully saturated rings. The first-order chi connectivity index (χ1) is 7.12. The third-order valence-corrected chi connectivity index (χ3v) is 3.39. The molecule has 1 saturated heterocycles. The average molecular weight is 212 g/mol. The molecule has 1 aliphatic carbocycles. The van der Waals surface area contributed by atoms with Crippen molar-refractivity contribution in [2.45, 2.75) is 43.7 Å². The van der Waals surface area contributed by atoms with Crippen LogP contribution >= 0.6 is 0 Å². The van der Waals surface area contributed by atoms with Gasteiger partial charge in [-0.05, 0) is 25.7 Å². The third kappa shape index (κ3) is 1.97. The van der Waals surface area contributed by atoms with Gasteiger partial charge in [-0.15, -0.1) is 0 Å². The van der Waals surface area contributed by atoms with Crippen LogP contribution in [0.3, 0.4) is 0 Å². The summed E-state index contributed by atoms with van der Waals surface area (Å²) in [5.74, 6) is -0.696. The van der Waals surface area contributed by atoms with Gasteiger partial charge in [0.05, 0.1) is 0 Å². The van der Waals surface area contributed by atoms with E-state index in [2.05, 4.69) is 10.6 Å². The fourth-order valence-electron chi connectivity index (χ4n) is 2.15. The summed E-state index contributed by atoms with van der Waals surface area (Å²) in [4.78, 5) is 22.0. The van der Waals surface area contributed by atoms with Gasteiger partial charge in [0.2, 0.25) is 5.91 Å². The van der Waals surface area contributed by atoms with Crippen LogP contribution in [0.5, 0.6) is 0 Å². The highest BCUT2D eigenvalue weighted by Crippen LogP contribution is 2.32. The van der Waals surface area contributed by atoms with Crippen LogP contribution in [0.15, 0.2) is 0 Å². The molecule has 1 aliphatic heterocycles. The molecular weight excluding hydrogens is 196 g/mol. The van der Waals surface area contributed by atoms with Crippen LogP contribution in [0, 0.1) is 0 Å². The molecule has 2 rings (SSSR count). The molecule has 0 spiro atoms. The van der Waals surface area contributed by atoms with E-state index in [1.54, 1.807) is 0 Å². The van der Waals surface area contributed by atoms with Crippen molar-refractivity contribution in [2.24, 2.45) is 0 Å². The lowest BCUT2D eigenvalue weighted by atomic mass is 9.76. The van der Waals surface area contributed by atoms with Gasteiger partial charge in [-0.1, -0.05) is 0 Å². The van der Waals surface area contributed by atoms with E-state index in [0.29, 0.717) is 25.8 Å². The molecule has 3 N–H and O–H groups in total. The molecule has 5 nitrogen and oxygen atoms in total. The number of amides is 1. The van der Waals surface area contributed by atoms with Gasteiger partial charge in [-0.2, -0.15) is 0 Å². The molecule has 1 atom stereocenters. The number of carboxylic acid groups (broad SMARTS) is 1. The molecule has 1 heterocycles. The Labute approximate surface area is 88.2 Å². The van der Waals surface area contributed by atoms with Gasteiger partial charge >= 0.3 is 5.97 Å². The quantitative estimate of drug-likeness (QED) is 0.606. The smallest absolute Gasteiger partial charge is 0.323 e. The summed E-state index contributed by atoms with van der Waals surface area (Å²) in [6, 6.07) is 0.106. The lowest BCUT2D eigenvalue weighted by Gasteiger charge is -2.39. The minimum atomic E-state index is -0.766. The molecule has 0 aromatic rings. The molecule has 1 amide bonds. The summed E-state index contributed by atoms with van der Waals surface area (Å²) in [7, 11) is 0. The zero-order valence-electron chi connectivity index (χ0n) is 8.58. The Kier molecular flexibility index (Phi) is 2.65. The van der Waals surface area contributed by atoms with Crippen LogP contribution in [0.2, 0.25) is 0 Å². The Morgan fingerprint density at radius 1 is 1.60 bits per heavy atom. The average Bonchev–Trinajstić information content (AvgIpc) is 2.49. The summed E-state index contributed by atoms with van der Waals surface area (Å²) in [6.45, 7) is 0.567. The number of nitrogens with one attached hydrogen (secondary N) is 2. The molecular formula is C10H16N2O3. The lowest BCUT2D eigenvalue weighted by molar-refractivity contribution is -0.148. The molecule has 0 bridgehead atoms. The maximum Gasteiger partial charge on any atom is 0.323 e. The monoisotopic (exact) mass is 212 g/mol. The Balaban J connectivity index is 1.81. The first kappa shape index (κ1) is 10.4. The molecule has 0 aromatic carbocycles. The van der Waals surface area contributed by atoms with Crippen molar-refractivity contribution in [2.75, 3.05) is 6.54 Å². The summed E-state index contributed by atoms with van der Waals surface area (Å²) in [6.07, 6.45) is 3.73. The van der Waals surface area contributed by atoms with E-state index in [9.17, 15) is 9.59 Å². The Morgan fingerprint density at radius 2 is 2.33 bits per heavy atom. The lowest BCUT2D eigenvalue weighted by Crippen LogP contribution is -2.59. The van der Waals surface area contributed by atoms with Crippen molar-refractivity contribution >= 4 is 11.9 Å². The van der Waals surface area contributed by atoms with Gasteiger partial charge in [0.25, 0.3) is 0 Å². The van der Waals surface area contributed by atoms with E-state index < -0.39 is 11.5 Å². The number of rotatable bonds is 4. The topological polar surface area (TPSA) is 78.4 Å². The largest absolute Gasteiger partial charge is 0.480 e. The molecule has 2 aliphatic rings. The molecule has 84 valence electrons. The fourth-order valence-corrected chi connectivity index (χ4v) is 2.15. The predicted molar refractivity (Wildman–Crippen MR) is 53.4 cm³/mol. The predicted octanol–water partition coefficient (Wildman–Crippen LogP) is -0.138. The van der Waals surface area contributed by atoms with E-state index in [-0.39, 0.29) is 11.9 Å². The highest BCUT2D eigenvalue weighted by Gasteiger charge is 2.44. The second-order valence-electron chi connectivity index (χ2n) is 4.42. The van der Waals surface area contributed by atoms with Crippen molar-refractivity contribution in [3.63, 3.8) is 0 Å². The van der Waals surface area contributed by atoms with Gasteiger partial charge in [-0.25, -0.2) is 0 Å². The second-order valence-corrected chi connectivity index (χ2v) is 4.42. The van der Waals surface area contributed by atoms with Crippen LogP contribution in [0.4, 0.5) is 0 Å². The van der Waals surface area contributed by atoms with Crippen LogP contribution in [0.1, 0.15) is 32.1 Å². The molecule has 0 radical (unpaired) electrons. The number of carbonyl (C=O) groups excluding carboxylic acids is 1. The Hall–Kier alpha value is -1.10. The van der Waals surface area contributed by atoms with Crippen LogP contribution in [-0.4, -0.2) is 35.1 Å². The fraction of sp³-hybridized carbons (Fsp3) is 0.800. The maximum absolute atomic E-state index is 11.0. The molecule has 15 heavy (non-hydrogen) atoms. The van der Waals surface area contributed by atoms with Crippen molar-refractivity contribution in [3.8, 4) is 0 Å². The maximum atomic E-state index is 11.0. The van der Waals surface area contributed by atoms with Crippen LogP contribution < -0.4 is 10.6 Å². The molecule has 5 heteroatoms. The van der Waals surface area contributed by atoms with Crippen molar-refractivity contribution in [1.82, 2.24) is 10.6 Å². The standard InChI is InChI=1S/C10H16N2O3/c13-8-3-2-7(12-8)6-11-10(9(14)15)4-1-5-10/h7,11H,1-6H2,(H,12,13)(H,14,15). The van der Waals surface area contributed by atoms with Crippen molar-refractivity contribution in [1.29, 1.82) is 0 Å². The summed E-state index contributed by atoms with van der Waals surface area (Å²) >= 11 is 0. The van der Waals surface area contributed by atoms with Gasteiger partial charge < -0.3 is 10.4 Å². The summed E-state index contributed by atoms with van der Waals surface area (Å²) < 4.78 is 0. The van der Waals surface area contributed by atoms with Gasteiger partial charge in [-0.3, -0.25) is 14.9 Å². The summed E-state index contributed by atoms with van der Waals surface area (Å²) in [5, 5.41) is 15.0. The number of carbonyl (C=O) groups is 2. The van der Waals surface area contributed by atoms with Crippen molar-refractivity contribution in [3.05, 3.63) is 0 Å². The van der Waals surface area contributed by atoms with Crippen molar-refractivity contribution < 1.29 is 14.7 Å². The van der Waals surface area contributed by atoms with Crippen LogP contribution in [0.25, 0.3) is 0 Å². The molecule has 1 saturated carbocycles. The van der Waals surface area contributed by atoms with Gasteiger partial charge in [0.1, 0.15) is 5.54 Å². The Bertz CT molecular complexity index is 286. The minimum Gasteiger partial charge on any atom is -0.480 e. The van der Waals surface area contributed by atoms with E-state index in [1.165, 1.54) is 0 Å². The number of hydrogen-bond donors (Lipinski definition) is 3. The SMILES string of the molecule is O=C1CCC(CNC2(C(=O)O)CCC2)N1. The first-order valence-electron chi connectivity index (χ1n) is 5.40. The number of carboxylic acids is 1. The zero-order chi connectivity index (χ0) is 10.9. The van der Waals surface area contributed by atoms with E-state index in [1.807, 2.05) is 0 Å². The minimum absolute atomic E-state index is 0.0692. The van der Waals surface area contributed by atoms with E-state index in [0.717, 1.165) is 12.8 Å².